The van der Waals surface area contributed by atoms with Crippen molar-refractivity contribution in [3.63, 3.8) is 0 Å². The van der Waals surface area contributed by atoms with E-state index in [1.165, 1.54) is 10.4 Å². The number of hydrogen-bond acceptors (Lipinski definition) is 4. The minimum absolute atomic E-state index is 0.147. The lowest BCUT2D eigenvalue weighted by molar-refractivity contribution is 0.0290. The maximum atomic E-state index is 12.7. The summed E-state index contributed by atoms with van der Waals surface area (Å²) in [5.41, 5.74) is 0.584. The average molecular weight is 378 g/mol. The summed E-state index contributed by atoms with van der Waals surface area (Å²) in [5.74, 6) is 0. The highest BCUT2D eigenvalue weighted by molar-refractivity contribution is 9.10. The van der Waals surface area contributed by atoms with Crippen LogP contribution in [0, 0.1) is 0 Å². The Bertz CT molecular complexity index is 583. The molecule has 1 aromatic rings. The first-order chi connectivity index (χ1) is 9.98. The normalized spacial score (nSPS) is 18.0. The SMILES string of the molecule is CCOC1CCN(S(=O)(=O)c2cc(CO)ccc2Br)CC1. The molecule has 118 valence electrons. The number of halogens is 1. The fraction of sp³-hybridized carbons (Fsp3) is 0.571. The van der Waals surface area contributed by atoms with Crippen LogP contribution in [0.4, 0.5) is 0 Å². The Morgan fingerprint density at radius 2 is 2.05 bits per heavy atom. The molecule has 0 saturated carbocycles. The van der Waals surface area contributed by atoms with Gasteiger partial charge in [-0.3, -0.25) is 0 Å². The zero-order valence-electron chi connectivity index (χ0n) is 12.0. The summed E-state index contributed by atoms with van der Waals surface area (Å²) in [6.45, 7) is 3.34. The van der Waals surface area contributed by atoms with Crippen molar-refractivity contribution in [3.05, 3.63) is 28.2 Å². The summed E-state index contributed by atoms with van der Waals surface area (Å²) in [5, 5.41) is 9.18. The van der Waals surface area contributed by atoms with Crippen LogP contribution in [0.3, 0.4) is 0 Å². The molecule has 1 aliphatic heterocycles. The van der Waals surface area contributed by atoms with Crippen LogP contribution in [-0.2, 0) is 21.4 Å². The summed E-state index contributed by atoms with van der Waals surface area (Å²) in [6, 6.07) is 4.88. The predicted octanol–water partition coefficient (Wildman–Crippen LogP) is 2.13. The number of aliphatic hydroxyl groups is 1. The second-order valence-corrected chi connectivity index (χ2v) is 7.74. The molecule has 0 radical (unpaired) electrons. The van der Waals surface area contributed by atoms with Gasteiger partial charge < -0.3 is 9.84 Å². The van der Waals surface area contributed by atoms with Crippen LogP contribution in [-0.4, -0.2) is 43.6 Å². The van der Waals surface area contributed by atoms with Gasteiger partial charge in [-0.05, 0) is 53.4 Å². The van der Waals surface area contributed by atoms with E-state index in [0.29, 0.717) is 42.6 Å². The summed E-state index contributed by atoms with van der Waals surface area (Å²) >= 11 is 3.29. The third kappa shape index (κ3) is 3.84. The van der Waals surface area contributed by atoms with Gasteiger partial charge >= 0.3 is 0 Å². The van der Waals surface area contributed by atoms with E-state index in [4.69, 9.17) is 4.74 Å². The van der Waals surface area contributed by atoms with E-state index in [-0.39, 0.29) is 17.6 Å². The fourth-order valence-electron chi connectivity index (χ4n) is 2.46. The second-order valence-electron chi connectivity index (χ2n) is 4.98. The van der Waals surface area contributed by atoms with Crippen molar-refractivity contribution in [1.82, 2.24) is 4.31 Å². The minimum atomic E-state index is -3.54. The zero-order valence-corrected chi connectivity index (χ0v) is 14.4. The van der Waals surface area contributed by atoms with Crippen molar-refractivity contribution in [2.75, 3.05) is 19.7 Å². The van der Waals surface area contributed by atoms with Gasteiger partial charge in [-0.1, -0.05) is 6.07 Å². The molecule has 0 atom stereocenters. The van der Waals surface area contributed by atoms with Crippen molar-refractivity contribution in [1.29, 1.82) is 0 Å². The van der Waals surface area contributed by atoms with Gasteiger partial charge in [0.15, 0.2) is 0 Å². The van der Waals surface area contributed by atoms with Crippen LogP contribution < -0.4 is 0 Å². The Morgan fingerprint density at radius 3 is 2.62 bits per heavy atom. The van der Waals surface area contributed by atoms with Crippen molar-refractivity contribution >= 4 is 26.0 Å². The number of aliphatic hydroxyl groups excluding tert-OH is 1. The number of nitrogens with zero attached hydrogens (tertiary/aromatic N) is 1. The van der Waals surface area contributed by atoms with Crippen LogP contribution >= 0.6 is 15.9 Å². The molecule has 0 aliphatic carbocycles. The van der Waals surface area contributed by atoms with E-state index in [9.17, 15) is 13.5 Å². The van der Waals surface area contributed by atoms with Crippen molar-refractivity contribution in [2.24, 2.45) is 0 Å². The largest absolute Gasteiger partial charge is 0.392 e. The van der Waals surface area contributed by atoms with E-state index in [1.54, 1.807) is 12.1 Å². The van der Waals surface area contributed by atoms with E-state index in [1.807, 2.05) is 6.92 Å². The monoisotopic (exact) mass is 377 g/mol. The molecule has 1 aliphatic rings. The Morgan fingerprint density at radius 1 is 1.38 bits per heavy atom. The molecule has 5 nitrogen and oxygen atoms in total. The molecule has 1 saturated heterocycles. The standard InChI is InChI=1S/C14H20BrNO4S/c1-2-20-12-5-7-16(8-6-12)21(18,19)14-9-11(10-17)3-4-13(14)15/h3-4,9,12,17H,2,5-8,10H2,1H3. The molecule has 2 rings (SSSR count). The number of ether oxygens (including phenoxy) is 1. The third-order valence-corrected chi connectivity index (χ3v) is 6.49. The average Bonchev–Trinajstić information content (AvgIpc) is 2.48. The number of piperidine rings is 1. The molecular formula is C14H20BrNO4S. The molecule has 0 bridgehead atoms. The lowest BCUT2D eigenvalue weighted by Crippen LogP contribution is -2.41. The van der Waals surface area contributed by atoms with Gasteiger partial charge in [-0.15, -0.1) is 0 Å². The van der Waals surface area contributed by atoms with Crippen LogP contribution in [0.5, 0.6) is 0 Å². The summed E-state index contributed by atoms with van der Waals surface area (Å²) < 4.78 is 33.0. The van der Waals surface area contributed by atoms with Gasteiger partial charge in [-0.2, -0.15) is 4.31 Å². The highest BCUT2D eigenvalue weighted by Crippen LogP contribution is 2.28. The Balaban J connectivity index is 2.19. The zero-order chi connectivity index (χ0) is 15.5. The van der Waals surface area contributed by atoms with E-state index >= 15 is 0 Å². The van der Waals surface area contributed by atoms with Gasteiger partial charge in [0.2, 0.25) is 10.0 Å². The van der Waals surface area contributed by atoms with Gasteiger partial charge in [0.25, 0.3) is 0 Å². The second kappa shape index (κ2) is 7.19. The molecule has 1 N–H and O–H groups in total. The Kier molecular flexibility index (Phi) is 5.79. The predicted molar refractivity (Wildman–Crippen MR) is 83.5 cm³/mol. The first kappa shape index (κ1) is 16.9. The van der Waals surface area contributed by atoms with Crippen LogP contribution in [0.1, 0.15) is 25.3 Å². The molecule has 1 heterocycles. The summed E-state index contributed by atoms with van der Waals surface area (Å²) in [6.07, 6.45) is 1.57. The highest BCUT2D eigenvalue weighted by Gasteiger charge is 2.31. The van der Waals surface area contributed by atoms with Gasteiger partial charge in [-0.25, -0.2) is 8.42 Å². The first-order valence-electron chi connectivity index (χ1n) is 7.00. The maximum absolute atomic E-state index is 12.7. The smallest absolute Gasteiger partial charge is 0.244 e. The maximum Gasteiger partial charge on any atom is 0.244 e. The van der Waals surface area contributed by atoms with Crippen molar-refractivity contribution in [2.45, 2.75) is 37.4 Å². The lowest BCUT2D eigenvalue weighted by Gasteiger charge is -2.31. The molecule has 1 fully saturated rings. The third-order valence-electron chi connectivity index (χ3n) is 3.60. The van der Waals surface area contributed by atoms with Gasteiger partial charge in [0.05, 0.1) is 17.6 Å². The summed E-state index contributed by atoms with van der Waals surface area (Å²) in [4.78, 5) is 0.212. The number of hydrogen-bond donors (Lipinski definition) is 1. The highest BCUT2D eigenvalue weighted by atomic mass is 79.9. The topological polar surface area (TPSA) is 66.8 Å². The van der Waals surface area contributed by atoms with E-state index in [2.05, 4.69) is 15.9 Å². The van der Waals surface area contributed by atoms with Crippen LogP contribution in [0.2, 0.25) is 0 Å². The molecule has 7 heteroatoms. The van der Waals surface area contributed by atoms with E-state index in [0.717, 1.165) is 0 Å². The van der Waals surface area contributed by atoms with Crippen LogP contribution in [0.25, 0.3) is 0 Å². The molecule has 21 heavy (non-hydrogen) atoms. The quantitative estimate of drug-likeness (QED) is 0.853. The minimum Gasteiger partial charge on any atom is -0.392 e. The fourth-order valence-corrected chi connectivity index (χ4v) is 4.90. The first-order valence-corrected chi connectivity index (χ1v) is 9.23. The van der Waals surface area contributed by atoms with Crippen molar-refractivity contribution < 1.29 is 18.3 Å². The number of sulfonamides is 1. The molecular weight excluding hydrogens is 358 g/mol. The van der Waals surface area contributed by atoms with Gasteiger partial charge in [0.1, 0.15) is 0 Å². The number of benzene rings is 1. The Hall–Kier alpha value is -0.470. The van der Waals surface area contributed by atoms with Crippen LogP contribution in [0.15, 0.2) is 27.6 Å². The molecule has 0 aromatic heterocycles. The molecule has 0 spiro atoms. The molecule has 0 unspecified atom stereocenters. The summed E-state index contributed by atoms with van der Waals surface area (Å²) in [7, 11) is -3.54. The lowest BCUT2D eigenvalue weighted by atomic mass is 10.1. The van der Waals surface area contributed by atoms with E-state index < -0.39 is 10.0 Å². The molecule has 0 amide bonds. The van der Waals surface area contributed by atoms with Gasteiger partial charge in [0, 0.05) is 24.2 Å². The Labute approximate surface area is 134 Å². The molecule has 1 aromatic carbocycles. The van der Waals surface area contributed by atoms with Crippen molar-refractivity contribution in [3.8, 4) is 0 Å². The number of rotatable bonds is 5.